The van der Waals surface area contributed by atoms with E-state index in [0.29, 0.717) is 25.6 Å². The molecule has 0 bridgehead atoms. The first-order valence-electron chi connectivity index (χ1n) is 9.38. The van der Waals surface area contributed by atoms with Crippen LogP contribution in [0.2, 0.25) is 0 Å². The van der Waals surface area contributed by atoms with E-state index < -0.39 is 0 Å². The average molecular weight is 423 g/mol. The number of rotatable bonds is 5. The summed E-state index contributed by atoms with van der Waals surface area (Å²) in [5.74, 6) is 0.324. The van der Waals surface area contributed by atoms with Crippen molar-refractivity contribution < 1.29 is 9.59 Å². The molecule has 1 heterocycles. The Bertz CT molecular complexity index is 654. The number of carbonyl (C=O) groups is 2. The smallest absolute Gasteiger partial charge is 0.318 e. The van der Waals surface area contributed by atoms with Gasteiger partial charge in [-0.2, -0.15) is 0 Å². The van der Waals surface area contributed by atoms with Crippen LogP contribution >= 0.6 is 15.9 Å². The van der Waals surface area contributed by atoms with Gasteiger partial charge in [0.05, 0.1) is 0 Å². The van der Waals surface area contributed by atoms with E-state index in [1.54, 1.807) is 4.90 Å². The number of nitrogens with two attached hydrogens (primary N) is 1. The summed E-state index contributed by atoms with van der Waals surface area (Å²) in [7, 11) is 0. The van der Waals surface area contributed by atoms with Crippen molar-refractivity contribution in [2.45, 2.75) is 50.7 Å². The maximum absolute atomic E-state index is 12.7. The molecule has 3 amide bonds. The molecule has 4 N–H and O–H groups in total. The Hall–Kier alpha value is -1.60. The Morgan fingerprint density at radius 2 is 2.08 bits per heavy atom. The zero-order valence-electron chi connectivity index (χ0n) is 14.9. The largest absolute Gasteiger partial charge is 0.351 e. The highest BCUT2D eigenvalue weighted by molar-refractivity contribution is 9.10. The predicted molar refractivity (Wildman–Crippen MR) is 104 cm³/mol. The third kappa shape index (κ3) is 4.57. The van der Waals surface area contributed by atoms with Crippen molar-refractivity contribution in [1.29, 1.82) is 0 Å². The third-order valence-corrected chi connectivity index (χ3v) is 5.93. The Labute approximate surface area is 163 Å². The average Bonchev–Trinajstić information content (AvgIpc) is 3.28. The molecule has 142 valence electrons. The van der Waals surface area contributed by atoms with Crippen LogP contribution in [0.1, 0.15) is 37.7 Å². The summed E-state index contributed by atoms with van der Waals surface area (Å²) >= 11 is 3.43. The molecule has 3 rings (SSSR count). The summed E-state index contributed by atoms with van der Waals surface area (Å²) in [6, 6.07) is 7.42. The first-order chi connectivity index (χ1) is 12.6. The molecule has 7 heteroatoms. The SMILES string of the molecule is NC[C@H]1CCC[C@@H]1NC(=O)[C@@H]1CCCN1C(=O)NCc1cccc(Br)c1. The van der Waals surface area contributed by atoms with Gasteiger partial charge in [0.1, 0.15) is 6.04 Å². The Morgan fingerprint density at radius 3 is 2.85 bits per heavy atom. The fourth-order valence-corrected chi connectivity index (χ4v) is 4.44. The van der Waals surface area contributed by atoms with Crippen molar-refractivity contribution in [1.82, 2.24) is 15.5 Å². The van der Waals surface area contributed by atoms with E-state index in [4.69, 9.17) is 5.73 Å². The highest BCUT2D eigenvalue weighted by Crippen LogP contribution is 2.26. The Kier molecular flexibility index (Phi) is 6.53. The fraction of sp³-hybridized carbons (Fsp3) is 0.579. The van der Waals surface area contributed by atoms with Gasteiger partial charge >= 0.3 is 6.03 Å². The highest BCUT2D eigenvalue weighted by atomic mass is 79.9. The minimum atomic E-state index is -0.378. The molecule has 26 heavy (non-hydrogen) atoms. The van der Waals surface area contributed by atoms with Crippen LogP contribution in [0, 0.1) is 5.92 Å². The van der Waals surface area contributed by atoms with E-state index in [0.717, 1.165) is 42.1 Å². The minimum absolute atomic E-state index is 0.0366. The summed E-state index contributed by atoms with van der Waals surface area (Å²) in [5, 5.41) is 6.07. The fourth-order valence-electron chi connectivity index (χ4n) is 4.00. The zero-order valence-corrected chi connectivity index (χ0v) is 16.5. The van der Waals surface area contributed by atoms with E-state index in [-0.39, 0.29) is 24.0 Å². The van der Waals surface area contributed by atoms with Gasteiger partial charge in [-0.3, -0.25) is 4.79 Å². The first kappa shape index (κ1) is 19.2. The second-order valence-electron chi connectivity index (χ2n) is 7.18. The lowest BCUT2D eigenvalue weighted by Crippen LogP contribution is -2.52. The van der Waals surface area contributed by atoms with Crippen LogP contribution in [0.15, 0.2) is 28.7 Å². The van der Waals surface area contributed by atoms with Gasteiger partial charge in [0.25, 0.3) is 0 Å². The number of carbonyl (C=O) groups excluding carboxylic acids is 2. The van der Waals surface area contributed by atoms with Crippen LogP contribution in [0.5, 0.6) is 0 Å². The normalized spacial score (nSPS) is 25.3. The number of likely N-dealkylation sites (tertiary alicyclic amines) is 1. The van der Waals surface area contributed by atoms with Crippen molar-refractivity contribution >= 4 is 27.9 Å². The Balaban J connectivity index is 1.55. The molecular formula is C19H27BrN4O2. The number of urea groups is 1. The van der Waals surface area contributed by atoms with Gasteiger partial charge in [-0.25, -0.2) is 4.79 Å². The number of benzene rings is 1. The second kappa shape index (κ2) is 8.86. The van der Waals surface area contributed by atoms with Crippen LogP contribution in [-0.4, -0.2) is 42.0 Å². The number of nitrogens with zero attached hydrogens (tertiary/aromatic N) is 1. The van der Waals surface area contributed by atoms with Gasteiger partial charge in [-0.1, -0.05) is 34.5 Å². The number of amides is 3. The molecule has 2 aliphatic rings. The number of hydrogen-bond acceptors (Lipinski definition) is 3. The van der Waals surface area contributed by atoms with Gasteiger partial charge in [0.2, 0.25) is 5.91 Å². The monoisotopic (exact) mass is 422 g/mol. The summed E-state index contributed by atoms with van der Waals surface area (Å²) in [6.07, 6.45) is 4.73. The second-order valence-corrected chi connectivity index (χ2v) is 8.10. The maximum atomic E-state index is 12.7. The maximum Gasteiger partial charge on any atom is 0.318 e. The van der Waals surface area contributed by atoms with Gasteiger partial charge in [-0.15, -0.1) is 0 Å². The lowest BCUT2D eigenvalue weighted by atomic mass is 10.0. The van der Waals surface area contributed by atoms with Gasteiger partial charge in [0.15, 0.2) is 0 Å². The van der Waals surface area contributed by atoms with Crippen LogP contribution in [-0.2, 0) is 11.3 Å². The zero-order chi connectivity index (χ0) is 18.5. The third-order valence-electron chi connectivity index (χ3n) is 5.44. The van der Waals surface area contributed by atoms with Crippen molar-refractivity contribution in [2.24, 2.45) is 11.7 Å². The summed E-state index contributed by atoms with van der Waals surface area (Å²) in [5.41, 5.74) is 6.82. The molecule has 1 saturated carbocycles. The lowest BCUT2D eigenvalue weighted by Gasteiger charge is -2.27. The molecule has 1 aromatic carbocycles. The number of nitrogens with one attached hydrogen (secondary N) is 2. The summed E-state index contributed by atoms with van der Waals surface area (Å²) < 4.78 is 0.980. The van der Waals surface area contributed by atoms with E-state index in [9.17, 15) is 9.59 Å². The van der Waals surface area contributed by atoms with E-state index in [1.165, 1.54) is 0 Å². The molecule has 0 unspecified atom stereocenters. The molecule has 1 aromatic rings. The number of halogens is 1. The van der Waals surface area contributed by atoms with Crippen molar-refractivity contribution in [2.75, 3.05) is 13.1 Å². The minimum Gasteiger partial charge on any atom is -0.351 e. The van der Waals surface area contributed by atoms with E-state index >= 15 is 0 Å². The molecule has 1 aliphatic heterocycles. The Morgan fingerprint density at radius 1 is 1.23 bits per heavy atom. The van der Waals surface area contributed by atoms with Crippen molar-refractivity contribution in [3.63, 3.8) is 0 Å². The molecule has 0 radical (unpaired) electrons. The van der Waals surface area contributed by atoms with Gasteiger partial charge in [-0.05, 0) is 55.8 Å². The molecule has 1 aliphatic carbocycles. The van der Waals surface area contributed by atoms with Crippen molar-refractivity contribution in [3.05, 3.63) is 34.3 Å². The summed E-state index contributed by atoms with van der Waals surface area (Å²) in [6.45, 7) is 1.67. The van der Waals surface area contributed by atoms with Crippen LogP contribution in [0.25, 0.3) is 0 Å². The predicted octanol–water partition coefficient (Wildman–Crippen LogP) is 2.37. The molecule has 0 spiro atoms. The van der Waals surface area contributed by atoms with E-state index in [2.05, 4.69) is 26.6 Å². The van der Waals surface area contributed by atoms with Crippen molar-refractivity contribution in [3.8, 4) is 0 Å². The topological polar surface area (TPSA) is 87.5 Å². The molecular weight excluding hydrogens is 396 g/mol. The first-order valence-corrected chi connectivity index (χ1v) is 10.2. The molecule has 6 nitrogen and oxygen atoms in total. The molecule has 2 fully saturated rings. The standard InChI is InChI=1S/C19H27BrN4O2/c20-15-6-1-4-13(10-15)12-22-19(26)24-9-3-8-17(24)18(25)23-16-7-2-5-14(16)11-21/h1,4,6,10,14,16-17H,2-3,5,7-9,11-12,21H2,(H,22,26)(H,23,25)/t14-,16+,17+/m1/s1. The van der Waals surface area contributed by atoms with Crippen LogP contribution in [0.4, 0.5) is 4.79 Å². The van der Waals surface area contributed by atoms with Gasteiger partial charge in [0, 0.05) is 23.6 Å². The van der Waals surface area contributed by atoms with E-state index in [1.807, 2.05) is 24.3 Å². The summed E-state index contributed by atoms with van der Waals surface area (Å²) in [4.78, 5) is 27.0. The highest BCUT2D eigenvalue weighted by Gasteiger charge is 2.36. The van der Waals surface area contributed by atoms with Gasteiger partial charge < -0.3 is 21.3 Å². The van der Waals surface area contributed by atoms with Crippen LogP contribution in [0.3, 0.4) is 0 Å². The molecule has 1 saturated heterocycles. The molecule has 3 atom stereocenters. The lowest BCUT2D eigenvalue weighted by molar-refractivity contribution is -0.125. The quantitative estimate of drug-likeness (QED) is 0.680. The van der Waals surface area contributed by atoms with Crippen LogP contribution < -0.4 is 16.4 Å². The molecule has 0 aromatic heterocycles. The number of hydrogen-bond donors (Lipinski definition) is 3.